The van der Waals surface area contributed by atoms with Crippen LogP contribution < -0.4 is 4.74 Å². The molecule has 4 aromatic rings. The van der Waals surface area contributed by atoms with Gasteiger partial charge in [0.15, 0.2) is 0 Å². The number of aromatic amines is 1. The average Bonchev–Trinajstić information content (AvgIpc) is 3.25. The first-order chi connectivity index (χ1) is 13.1. The fraction of sp³-hybridized carbons (Fsp3) is 0.250. The topological polar surface area (TPSA) is 66.9 Å². The number of pyridine rings is 1. The van der Waals surface area contributed by atoms with Crippen molar-refractivity contribution in [1.29, 1.82) is 0 Å². The summed E-state index contributed by atoms with van der Waals surface area (Å²) in [6.07, 6.45) is 1.85. The largest absolute Gasteiger partial charge is 0.476 e. The van der Waals surface area contributed by atoms with Gasteiger partial charge in [0.1, 0.15) is 17.3 Å². The highest BCUT2D eigenvalue weighted by molar-refractivity contribution is 7.18. The Morgan fingerprint density at radius 3 is 2.78 bits per heavy atom. The van der Waals surface area contributed by atoms with Gasteiger partial charge in [0.2, 0.25) is 5.88 Å². The van der Waals surface area contributed by atoms with Crippen LogP contribution in [0.1, 0.15) is 5.69 Å². The van der Waals surface area contributed by atoms with Crippen molar-refractivity contribution in [2.75, 3.05) is 27.2 Å². The summed E-state index contributed by atoms with van der Waals surface area (Å²) >= 11 is 1.63. The van der Waals surface area contributed by atoms with Crippen LogP contribution in [0.15, 0.2) is 42.6 Å². The summed E-state index contributed by atoms with van der Waals surface area (Å²) in [5, 5.41) is 9.53. The van der Waals surface area contributed by atoms with E-state index in [-0.39, 0.29) is 0 Å². The number of hydrogen-bond donors (Lipinski definition) is 1. The SMILES string of the molecule is Cc1nc(-c2n[nH]c3ccccc23)sc1-c1ccc(OCCN(C)C)nc1. The Hall–Kier alpha value is -2.77. The number of hydrogen-bond acceptors (Lipinski definition) is 6. The van der Waals surface area contributed by atoms with Crippen LogP contribution in [-0.2, 0) is 0 Å². The molecule has 0 aliphatic rings. The van der Waals surface area contributed by atoms with E-state index in [4.69, 9.17) is 9.72 Å². The summed E-state index contributed by atoms with van der Waals surface area (Å²) in [5.41, 5.74) is 3.92. The smallest absolute Gasteiger partial charge is 0.213 e. The van der Waals surface area contributed by atoms with Gasteiger partial charge >= 0.3 is 0 Å². The summed E-state index contributed by atoms with van der Waals surface area (Å²) in [5.74, 6) is 0.640. The van der Waals surface area contributed by atoms with E-state index in [0.717, 1.165) is 44.3 Å². The second-order valence-corrected chi connectivity index (χ2v) is 7.59. The summed E-state index contributed by atoms with van der Waals surface area (Å²) in [7, 11) is 4.04. The molecule has 0 bridgehead atoms. The van der Waals surface area contributed by atoms with Crippen LogP contribution in [-0.4, -0.2) is 52.3 Å². The second-order valence-electron chi connectivity index (χ2n) is 6.59. The lowest BCUT2D eigenvalue weighted by atomic mass is 10.2. The van der Waals surface area contributed by atoms with Crippen LogP contribution in [0.25, 0.3) is 32.0 Å². The molecule has 138 valence electrons. The molecule has 0 atom stereocenters. The number of H-pyrrole nitrogens is 1. The molecule has 0 aliphatic heterocycles. The Morgan fingerprint density at radius 2 is 2.00 bits per heavy atom. The number of rotatable bonds is 6. The summed E-state index contributed by atoms with van der Waals surface area (Å²) < 4.78 is 5.67. The van der Waals surface area contributed by atoms with E-state index < -0.39 is 0 Å². The zero-order chi connectivity index (χ0) is 18.8. The molecule has 1 N–H and O–H groups in total. The molecular weight excluding hydrogens is 358 g/mol. The van der Waals surface area contributed by atoms with Gasteiger partial charge in [0.25, 0.3) is 0 Å². The van der Waals surface area contributed by atoms with E-state index >= 15 is 0 Å². The van der Waals surface area contributed by atoms with Gasteiger partial charge in [-0.25, -0.2) is 9.97 Å². The standard InChI is InChI=1S/C20H21N5OS/c1-13-19(14-8-9-17(21-12-14)26-11-10-25(2)3)27-20(22-13)18-15-6-4-5-7-16(15)23-24-18/h4-9,12H,10-11H2,1-3H3,(H,23,24). The predicted octanol–water partition coefficient (Wildman–Crippen LogP) is 4.00. The van der Waals surface area contributed by atoms with Gasteiger partial charge in [-0.3, -0.25) is 5.10 Å². The lowest BCUT2D eigenvalue weighted by Gasteiger charge is -2.10. The minimum atomic E-state index is 0.620. The van der Waals surface area contributed by atoms with E-state index in [1.54, 1.807) is 11.3 Å². The molecule has 0 amide bonds. The maximum absolute atomic E-state index is 5.67. The van der Waals surface area contributed by atoms with Crippen LogP contribution in [0, 0.1) is 6.92 Å². The van der Waals surface area contributed by atoms with E-state index in [9.17, 15) is 0 Å². The number of aromatic nitrogens is 4. The summed E-state index contributed by atoms with van der Waals surface area (Å²) in [6, 6.07) is 12.0. The average molecular weight is 379 g/mol. The molecule has 0 spiro atoms. The van der Waals surface area contributed by atoms with E-state index in [2.05, 4.69) is 26.1 Å². The van der Waals surface area contributed by atoms with Crippen molar-refractivity contribution in [3.63, 3.8) is 0 Å². The number of nitrogens with zero attached hydrogens (tertiary/aromatic N) is 4. The zero-order valence-corrected chi connectivity index (χ0v) is 16.4. The molecule has 1 aromatic carbocycles. The van der Waals surface area contributed by atoms with Crippen LogP contribution >= 0.6 is 11.3 Å². The highest BCUT2D eigenvalue weighted by atomic mass is 32.1. The van der Waals surface area contributed by atoms with Crippen molar-refractivity contribution in [3.05, 3.63) is 48.3 Å². The Labute approximate surface area is 161 Å². The molecule has 0 saturated heterocycles. The van der Waals surface area contributed by atoms with Crippen LogP contribution in [0.3, 0.4) is 0 Å². The number of aryl methyl sites for hydroxylation is 1. The molecule has 3 heterocycles. The summed E-state index contributed by atoms with van der Waals surface area (Å²) in [6.45, 7) is 3.50. The first kappa shape index (κ1) is 17.6. The maximum atomic E-state index is 5.67. The molecule has 0 fully saturated rings. The molecular formula is C20H21N5OS. The second kappa shape index (κ2) is 7.46. The van der Waals surface area contributed by atoms with Crippen molar-refractivity contribution >= 4 is 22.2 Å². The van der Waals surface area contributed by atoms with Crippen LogP contribution in [0.5, 0.6) is 5.88 Å². The van der Waals surface area contributed by atoms with Gasteiger partial charge in [-0.2, -0.15) is 5.10 Å². The molecule has 0 saturated carbocycles. The number of thiazole rings is 1. The third kappa shape index (κ3) is 3.70. The molecule has 7 heteroatoms. The van der Waals surface area contributed by atoms with E-state index in [0.29, 0.717) is 12.5 Å². The van der Waals surface area contributed by atoms with Crippen molar-refractivity contribution < 1.29 is 4.74 Å². The first-order valence-corrected chi connectivity index (χ1v) is 9.58. The van der Waals surface area contributed by atoms with Gasteiger partial charge in [-0.1, -0.05) is 18.2 Å². The zero-order valence-electron chi connectivity index (χ0n) is 15.6. The van der Waals surface area contributed by atoms with Gasteiger partial charge < -0.3 is 9.64 Å². The minimum absolute atomic E-state index is 0.620. The Balaban J connectivity index is 1.58. The Morgan fingerprint density at radius 1 is 1.15 bits per heavy atom. The number of para-hydroxylation sites is 1. The Bertz CT molecular complexity index is 1050. The highest BCUT2D eigenvalue weighted by Crippen LogP contribution is 2.36. The molecule has 0 unspecified atom stereocenters. The van der Waals surface area contributed by atoms with Crippen molar-refractivity contribution in [2.24, 2.45) is 0 Å². The summed E-state index contributed by atoms with van der Waals surface area (Å²) in [4.78, 5) is 12.4. The lowest BCUT2D eigenvalue weighted by molar-refractivity contribution is 0.254. The van der Waals surface area contributed by atoms with E-state index in [1.807, 2.05) is 57.5 Å². The van der Waals surface area contributed by atoms with Gasteiger partial charge in [-0.05, 0) is 33.2 Å². The predicted molar refractivity (Wildman–Crippen MR) is 109 cm³/mol. The van der Waals surface area contributed by atoms with Crippen LogP contribution in [0.2, 0.25) is 0 Å². The van der Waals surface area contributed by atoms with Crippen molar-refractivity contribution in [1.82, 2.24) is 25.1 Å². The number of benzene rings is 1. The maximum Gasteiger partial charge on any atom is 0.213 e. The van der Waals surface area contributed by atoms with Crippen LogP contribution in [0.4, 0.5) is 0 Å². The van der Waals surface area contributed by atoms with Crippen molar-refractivity contribution in [2.45, 2.75) is 6.92 Å². The third-order valence-corrected chi connectivity index (χ3v) is 5.47. The lowest BCUT2D eigenvalue weighted by Crippen LogP contribution is -2.19. The highest BCUT2D eigenvalue weighted by Gasteiger charge is 2.16. The molecule has 3 aromatic heterocycles. The normalized spacial score (nSPS) is 11.4. The Kier molecular flexibility index (Phi) is 4.87. The molecule has 4 rings (SSSR count). The third-order valence-electron chi connectivity index (χ3n) is 4.26. The molecule has 0 aliphatic carbocycles. The molecule has 6 nitrogen and oxygen atoms in total. The number of likely N-dealkylation sites (N-methyl/N-ethyl adjacent to an activating group) is 1. The monoisotopic (exact) mass is 379 g/mol. The van der Waals surface area contributed by atoms with Gasteiger partial charge in [-0.15, -0.1) is 11.3 Å². The van der Waals surface area contributed by atoms with Crippen molar-refractivity contribution in [3.8, 4) is 27.0 Å². The molecule has 0 radical (unpaired) electrons. The number of fused-ring (bicyclic) bond motifs is 1. The number of nitrogens with one attached hydrogen (secondary N) is 1. The number of ether oxygens (including phenoxy) is 1. The minimum Gasteiger partial charge on any atom is -0.476 e. The molecule has 27 heavy (non-hydrogen) atoms. The fourth-order valence-electron chi connectivity index (χ4n) is 2.82. The van der Waals surface area contributed by atoms with Gasteiger partial charge in [0.05, 0.1) is 16.1 Å². The fourth-order valence-corrected chi connectivity index (χ4v) is 3.88. The van der Waals surface area contributed by atoms with E-state index in [1.165, 1.54) is 0 Å². The quantitative estimate of drug-likeness (QED) is 0.548. The first-order valence-electron chi connectivity index (χ1n) is 8.76. The van der Waals surface area contributed by atoms with Gasteiger partial charge in [0, 0.05) is 29.8 Å².